The molecule has 0 aliphatic heterocycles. The number of hydrogen-bond acceptors (Lipinski definition) is 3. The van der Waals surface area contributed by atoms with Crippen molar-refractivity contribution < 1.29 is 14.9 Å². The molecule has 2 N–H and O–H groups in total. The first-order valence-corrected chi connectivity index (χ1v) is 3.61. The summed E-state index contributed by atoms with van der Waals surface area (Å²) >= 11 is 0. The topological polar surface area (TPSA) is 49.7 Å². The first kappa shape index (κ1) is 9.88. The number of aliphatic hydroxyl groups excluding tert-OH is 2. The molecule has 0 amide bonds. The molecule has 0 spiro atoms. The van der Waals surface area contributed by atoms with Crippen LogP contribution in [0.2, 0.25) is 0 Å². The van der Waals surface area contributed by atoms with Gasteiger partial charge in [-0.2, -0.15) is 0 Å². The SMILES string of the molecule is CCC(CO)OC(C)CO. The zero-order valence-corrected chi connectivity index (χ0v) is 6.58. The molecule has 0 rings (SSSR count). The molecular weight excluding hydrogens is 132 g/mol. The normalized spacial score (nSPS) is 16.8. The fourth-order valence-electron chi connectivity index (χ4n) is 0.640. The quantitative estimate of drug-likeness (QED) is 0.583. The van der Waals surface area contributed by atoms with E-state index in [0.717, 1.165) is 6.42 Å². The van der Waals surface area contributed by atoms with Crippen LogP contribution < -0.4 is 0 Å². The molecule has 0 radical (unpaired) electrons. The molecule has 10 heavy (non-hydrogen) atoms. The summed E-state index contributed by atoms with van der Waals surface area (Å²) in [4.78, 5) is 0. The Hall–Kier alpha value is -0.120. The van der Waals surface area contributed by atoms with Crippen LogP contribution in [0.25, 0.3) is 0 Å². The van der Waals surface area contributed by atoms with Gasteiger partial charge in [0.15, 0.2) is 0 Å². The van der Waals surface area contributed by atoms with Crippen molar-refractivity contribution in [2.75, 3.05) is 13.2 Å². The van der Waals surface area contributed by atoms with E-state index in [1.807, 2.05) is 6.92 Å². The number of ether oxygens (including phenoxy) is 1. The molecule has 0 saturated heterocycles. The number of rotatable bonds is 5. The molecule has 0 aromatic rings. The predicted octanol–water partition coefficient (Wildman–Crippen LogP) is 0.155. The van der Waals surface area contributed by atoms with Gasteiger partial charge in [-0.05, 0) is 13.3 Å². The molecule has 0 aromatic carbocycles. The molecule has 0 bridgehead atoms. The Morgan fingerprint density at radius 3 is 2.20 bits per heavy atom. The van der Waals surface area contributed by atoms with E-state index in [9.17, 15) is 0 Å². The van der Waals surface area contributed by atoms with Gasteiger partial charge in [0.25, 0.3) is 0 Å². The summed E-state index contributed by atoms with van der Waals surface area (Å²) in [5.41, 5.74) is 0. The van der Waals surface area contributed by atoms with Gasteiger partial charge in [-0.25, -0.2) is 0 Å². The van der Waals surface area contributed by atoms with Crippen molar-refractivity contribution in [2.24, 2.45) is 0 Å². The minimum absolute atomic E-state index is 0.0104. The largest absolute Gasteiger partial charge is 0.394 e. The van der Waals surface area contributed by atoms with E-state index < -0.39 is 0 Å². The number of aliphatic hydroxyl groups is 2. The van der Waals surface area contributed by atoms with E-state index >= 15 is 0 Å². The Kier molecular flexibility index (Phi) is 5.58. The van der Waals surface area contributed by atoms with E-state index in [-0.39, 0.29) is 25.4 Å². The van der Waals surface area contributed by atoms with Crippen LogP contribution in [0.15, 0.2) is 0 Å². The van der Waals surface area contributed by atoms with Crippen LogP contribution >= 0.6 is 0 Å². The van der Waals surface area contributed by atoms with Crippen molar-refractivity contribution in [3.63, 3.8) is 0 Å². The summed E-state index contributed by atoms with van der Waals surface area (Å²) in [5.74, 6) is 0. The average molecular weight is 148 g/mol. The van der Waals surface area contributed by atoms with E-state index in [1.165, 1.54) is 0 Å². The molecule has 0 fully saturated rings. The minimum Gasteiger partial charge on any atom is -0.394 e. The van der Waals surface area contributed by atoms with E-state index in [1.54, 1.807) is 6.92 Å². The van der Waals surface area contributed by atoms with Gasteiger partial charge in [0.05, 0.1) is 25.4 Å². The highest BCUT2D eigenvalue weighted by Gasteiger charge is 2.08. The monoisotopic (exact) mass is 148 g/mol. The molecule has 0 aliphatic carbocycles. The molecule has 2 atom stereocenters. The van der Waals surface area contributed by atoms with Gasteiger partial charge >= 0.3 is 0 Å². The molecule has 0 aliphatic rings. The van der Waals surface area contributed by atoms with Crippen LogP contribution in [0.3, 0.4) is 0 Å². The van der Waals surface area contributed by atoms with Crippen molar-refractivity contribution in [3.05, 3.63) is 0 Å². The molecular formula is C7H16O3. The fourth-order valence-corrected chi connectivity index (χ4v) is 0.640. The van der Waals surface area contributed by atoms with Gasteiger partial charge in [-0.1, -0.05) is 6.92 Å². The van der Waals surface area contributed by atoms with Gasteiger partial charge in [-0.3, -0.25) is 0 Å². The third kappa shape index (κ3) is 3.82. The lowest BCUT2D eigenvalue weighted by molar-refractivity contribution is -0.0525. The van der Waals surface area contributed by atoms with Crippen molar-refractivity contribution >= 4 is 0 Å². The fraction of sp³-hybridized carbons (Fsp3) is 1.00. The van der Waals surface area contributed by atoms with Gasteiger partial charge in [0.2, 0.25) is 0 Å². The Morgan fingerprint density at radius 2 is 1.90 bits per heavy atom. The molecule has 0 saturated carbocycles. The summed E-state index contributed by atoms with van der Waals surface area (Å²) in [6.07, 6.45) is 0.486. The van der Waals surface area contributed by atoms with Crippen LogP contribution in [-0.4, -0.2) is 35.6 Å². The molecule has 3 nitrogen and oxygen atoms in total. The minimum atomic E-state index is -0.169. The maximum Gasteiger partial charge on any atom is 0.0807 e. The smallest absolute Gasteiger partial charge is 0.0807 e. The van der Waals surface area contributed by atoms with Crippen LogP contribution in [0, 0.1) is 0 Å². The first-order valence-electron chi connectivity index (χ1n) is 3.61. The Bertz CT molecular complexity index is 71.3. The summed E-state index contributed by atoms with van der Waals surface area (Å²) in [7, 11) is 0. The third-order valence-electron chi connectivity index (χ3n) is 1.34. The zero-order valence-electron chi connectivity index (χ0n) is 6.58. The second-order valence-corrected chi connectivity index (χ2v) is 2.34. The van der Waals surface area contributed by atoms with Gasteiger partial charge in [0.1, 0.15) is 0 Å². The summed E-state index contributed by atoms with van der Waals surface area (Å²) in [5, 5.41) is 17.2. The molecule has 0 aromatic heterocycles. The molecule has 62 valence electrons. The summed E-state index contributed by atoms with van der Waals surface area (Å²) in [6, 6.07) is 0. The lowest BCUT2D eigenvalue weighted by Crippen LogP contribution is -2.24. The van der Waals surface area contributed by atoms with Gasteiger partial charge in [-0.15, -0.1) is 0 Å². The highest BCUT2D eigenvalue weighted by Crippen LogP contribution is 2.00. The third-order valence-corrected chi connectivity index (χ3v) is 1.34. The highest BCUT2D eigenvalue weighted by molar-refractivity contribution is 4.55. The lowest BCUT2D eigenvalue weighted by atomic mass is 10.3. The van der Waals surface area contributed by atoms with Crippen LogP contribution in [-0.2, 0) is 4.74 Å². The second kappa shape index (κ2) is 5.65. The van der Waals surface area contributed by atoms with Crippen LogP contribution in [0.4, 0.5) is 0 Å². The molecule has 3 heteroatoms. The summed E-state index contributed by atoms with van der Waals surface area (Å²) in [6.45, 7) is 3.75. The Labute approximate surface area is 61.6 Å². The average Bonchev–Trinajstić information content (AvgIpc) is 1.99. The first-order chi connectivity index (χ1) is 4.74. The van der Waals surface area contributed by atoms with Crippen molar-refractivity contribution in [1.29, 1.82) is 0 Å². The summed E-state index contributed by atoms with van der Waals surface area (Å²) < 4.78 is 5.20. The molecule has 0 heterocycles. The van der Waals surface area contributed by atoms with Crippen molar-refractivity contribution in [2.45, 2.75) is 32.5 Å². The highest BCUT2D eigenvalue weighted by atomic mass is 16.5. The Morgan fingerprint density at radius 1 is 1.30 bits per heavy atom. The Balaban J connectivity index is 3.41. The number of hydrogen-bond donors (Lipinski definition) is 2. The van der Waals surface area contributed by atoms with E-state index in [2.05, 4.69) is 0 Å². The predicted molar refractivity (Wildman–Crippen MR) is 38.8 cm³/mol. The molecule has 2 unspecified atom stereocenters. The maximum absolute atomic E-state index is 8.66. The lowest BCUT2D eigenvalue weighted by Gasteiger charge is -2.17. The van der Waals surface area contributed by atoms with Crippen LogP contribution in [0.5, 0.6) is 0 Å². The van der Waals surface area contributed by atoms with Gasteiger partial charge in [0, 0.05) is 0 Å². The van der Waals surface area contributed by atoms with Gasteiger partial charge < -0.3 is 14.9 Å². The van der Waals surface area contributed by atoms with Crippen LogP contribution in [0.1, 0.15) is 20.3 Å². The maximum atomic E-state index is 8.66. The van der Waals surface area contributed by atoms with Crippen molar-refractivity contribution in [3.8, 4) is 0 Å². The zero-order chi connectivity index (χ0) is 7.98. The van der Waals surface area contributed by atoms with E-state index in [4.69, 9.17) is 14.9 Å². The van der Waals surface area contributed by atoms with Crippen molar-refractivity contribution in [1.82, 2.24) is 0 Å². The second-order valence-electron chi connectivity index (χ2n) is 2.34. The standard InChI is InChI=1S/C7H16O3/c1-3-7(5-9)10-6(2)4-8/h6-9H,3-5H2,1-2H3. The van der Waals surface area contributed by atoms with E-state index in [0.29, 0.717) is 0 Å².